The van der Waals surface area contributed by atoms with E-state index in [4.69, 9.17) is 25.8 Å². The summed E-state index contributed by atoms with van der Waals surface area (Å²) in [5, 5.41) is 3.00. The van der Waals surface area contributed by atoms with Gasteiger partial charge in [-0.3, -0.25) is 0 Å². The molecule has 1 aromatic rings. The van der Waals surface area contributed by atoms with E-state index in [0.717, 1.165) is 5.56 Å². The second-order valence-corrected chi connectivity index (χ2v) is 9.14. The molecule has 0 aliphatic heterocycles. The second-order valence-electron chi connectivity index (χ2n) is 8.73. The number of hydrogen-bond acceptors (Lipinski definition) is 5. The lowest BCUT2D eigenvalue weighted by Crippen LogP contribution is -2.45. The number of aryl methyl sites for hydroxylation is 1. The van der Waals surface area contributed by atoms with Gasteiger partial charge in [-0.2, -0.15) is 0 Å². The van der Waals surface area contributed by atoms with Crippen LogP contribution in [0.4, 0.5) is 4.79 Å². The minimum absolute atomic E-state index is 0.322. The second kappa shape index (κ2) is 10.7. The molecule has 1 amide bonds. The minimum atomic E-state index is -0.852. The molecule has 7 heteroatoms. The largest absolute Gasteiger partial charge is 0.485 e. The molecule has 0 unspecified atom stereocenters. The van der Waals surface area contributed by atoms with Gasteiger partial charge < -0.3 is 19.5 Å². The van der Waals surface area contributed by atoms with Gasteiger partial charge in [0.25, 0.3) is 0 Å². The maximum Gasteiger partial charge on any atom is 0.408 e. The maximum atomic E-state index is 12.4. The molecule has 0 spiro atoms. The molecule has 1 aromatic carbocycles. The van der Waals surface area contributed by atoms with Crippen LogP contribution in [0.25, 0.3) is 0 Å². The van der Waals surface area contributed by atoms with E-state index in [1.165, 1.54) is 0 Å². The number of rotatable bonds is 8. The lowest BCUT2D eigenvalue weighted by atomic mass is 10.0. The highest BCUT2D eigenvalue weighted by atomic mass is 35.5. The van der Waals surface area contributed by atoms with E-state index in [1.807, 2.05) is 25.1 Å². The molecule has 0 saturated heterocycles. The number of hydrogen-bond donors (Lipinski definition) is 1. The van der Waals surface area contributed by atoms with E-state index in [2.05, 4.69) is 19.2 Å². The third-order valence-electron chi connectivity index (χ3n) is 3.98. The number of carbonyl (C=O) groups is 2. The fourth-order valence-electron chi connectivity index (χ4n) is 2.57. The van der Waals surface area contributed by atoms with Gasteiger partial charge >= 0.3 is 12.1 Å². The van der Waals surface area contributed by atoms with Crippen molar-refractivity contribution in [2.24, 2.45) is 5.92 Å². The SMILES string of the molecule is Cc1ccc(O[C@H](CC(C)C)[C@H](C)OC(=O)[C@H](C)NC(=O)OC(C)(C)C)c(Cl)c1. The first-order chi connectivity index (χ1) is 13.3. The molecule has 164 valence electrons. The molecule has 0 fully saturated rings. The molecule has 29 heavy (non-hydrogen) atoms. The lowest BCUT2D eigenvalue weighted by Gasteiger charge is -2.28. The molecule has 0 radical (unpaired) electrons. The van der Waals surface area contributed by atoms with Crippen LogP contribution in [0.5, 0.6) is 5.75 Å². The number of benzene rings is 1. The first kappa shape index (κ1) is 25.1. The Bertz CT molecular complexity index is 699. The van der Waals surface area contributed by atoms with Gasteiger partial charge in [-0.25, -0.2) is 9.59 Å². The van der Waals surface area contributed by atoms with Crippen LogP contribution in [0.2, 0.25) is 5.02 Å². The Balaban J connectivity index is 2.77. The van der Waals surface area contributed by atoms with Crippen LogP contribution >= 0.6 is 11.6 Å². The highest BCUT2D eigenvalue weighted by molar-refractivity contribution is 6.32. The van der Waals surface area contributed by atoms with Crippen molar-refractivity contribution in [3.05, 3.63) is 28.8 Å². The van der Waals surface area contributed by atoms with Crippen LogP contribution in [-0.4, -0.2) is 35.9 Å². The Morgan fingerprint density at radius 2 is 1.76 bits per heavy atom. The predicted molar refractivity (Wildman–Crippen MR) is 114 cm³/mol. The highest BCUT2D eigenvalue weighted by Gasteiger charge is 2.28. The Hall–Kier alpha value is -1.95. The van der Waals surface area contributed by atoms with E-state index in [1.54, 1.807) is 34.6 Å². The van der Waals surface area contributed by atoms with Gasteiger partial charge in [0.2, 0.25) is 0 Å². The van der Waals surface area contributed by atoms with Crippen molar-refractivity contribution in [3.63, 3.8) is 0 Å². The van der Waals surface area contributed by atoms with Gasteiger partial charge in [0.1, 0.15) is 29.6 Å². The van der Waals surface area contributed by atoms with Crippen LogP contribution in [0.3, 0.4) is 0 Å². The maximum absolute atomic E-state index is 12.4. The van der Waals surface area contributed by atoms with Crippen molar-refractivity contribution < 1.29 is 23.8 Å². The molecule has 3 atom stereocenters. The number of esters is 1. The van der Waals surface area contributed by atoms with Gasteiger partial charge in [-0.05, 0) is 71.6 Å². The molecule has 0 aliphatic rings. The Kier molecular flexibility index (Phi) is 9.27. The van der Waals surface area contributed by atoms with Gasteiger partial charge in [0.15, 0.2) is 0 Å². The van der Waals surface area contributed by atoms with E-state index in [0.29, 0.717) is 23.1 Å². The number of carbonyl (C=O) groups excluding carboxylic acids is 2. The number of alkyl carbamates (subject to hydrolysis) is 1. The number of ether oxygens (including phenoxy) is 3. The first-order valence-electron chi connectivity index (χ1n) is 9.91. The Morgan fingerprint density at radius 1 is 1.14 bits per heavy atom. The summed E-state index contributed by atoms with van der Waals surface area (Å²) in [6.07, 6.45) is -0.916. The summed E-state index contributed by atoms with van der Waals surface area (Å²) >= 11 is 6.29. The number of halogens is 1. The van der Waals surface area contributed by atoms with E-state index in [-0.39, 0.29) is 6.10 Å². The molecule has 0 aliphatic carbocycles. The molecule has 0 heterocycles. The average Bonchev–Trinajstić information content (AvgIpc) is 2.54. The molecule has 6 nitrogen and oxygen atoms in total. The minimum Gasteiger partial charge on any atom is -0.485 e. The molecule has 0 bridgehead atoms. The normalized spacial score (nSPS) is 14.7. The lowest BCUT2D eigenvalue weighted by molar-refractivity contribution is -0.155. The van der Waals surface area contributed by atoms with Crippen molar-refractivity contribution in [2.75, 3.05) is 0 Å². The zero-order valence-corrected chi connectivity index (χ0v) is 19.4. The van der Waals surface area contributed by atoms with Gasteiger partial charge in [-0.15, -0.1) is 0 Å². The topological polar surface area (TPSA) is 73.9 Å². The molecular weight excluding hydrogens is 394 g/mol. The fraction of sp³-hybridized carbons (Fsp3) is 0.636. The summed E-state index contributed by atoms with van der Waals surface area (Å²) in [6, 6.07) is 4.70. The summed E-state index contributed by atoms with van der Waals surface area (Å²) in [4.78, 5) is 24.3. The quantitative estimate of drug-likeness (QED) is 0.571. The van der Waals surface area contributed by atoms with Crippen LogP contribution in [0.1, 0.15) is 60.5 Å². The number of nitrogens with one attached hydrogen (secondary N) is 1. The van der Waals surface area contributed by atoms with Crippen molar-refractivity contribution in [2.45, 2.75) is 85.7 Å². The average molecular weight is 428 g/mol. The van der Waals surface area contributed by atoms with Crippen LogP contribution in [0, 0.1) is 12.8 Å². The van der Waals surface area contributed by atoms with Crippen LogP contribution in [-0.2, 0) is 14.3 Å². The molecule has 0 saturated carbocycles. The first-order valence-corrected chi connectivity index (χ1v) is 10.3. The predicted octanol–water partition coefficient (Wildman–Crippen LogP) is 5.29. The summed E-state index contributed by atoms with van der Waals surface area (Å²) in [5.74, 6) is 0.309. The standard InChI is InChI=1S/C22H34ClNO5/c1-13(2)11-19(28-18-10-9-14(3)12-17(18)23)16(5)27-20(25)15(4)24-21(26)29-22(6,7)8/h9-10,12-13,15-16,19H,11H2,1-8H3,(H,24,26)/t15-,16-,19+/m0/s1. The van der Waals surface area contributed by atoms with E-state index in [9.17, 15) is 9.59 Å². The Morgan fingerprint density at radius 3 is 2.28 bits per heavy atom. The Labute approximate surface area is 179 Å². The molecule has 1 N–H and O–H groups in total. The van der Waals surface area contributed by atoms with Crippen molar-refractivity contribution in [3.8, 4) is 5.75 Å². The fourth-order valence-corrected chi connectivity index (χ4v) is 2.85. The van der Waals surface area contributed by atoms with Gasteiger partial charge in [0.05, 0.1) is 5.02 Å². The van der Waals surface area contributed by atoms with Crippen molar-refractivity contribution >= 4 is 23.7 Å². The highest BCUT2D eigenvalue weighted by Crippen LogP contribution is 2.28. The third-order valence-corrected chi connectivity index (χ3v) is 4.28. The zero-order valence-electron chi connectivity index (χ0n) is 18.7. The summed E-state index contributed by atoms with van der Waals surface area (Å²) in [6.45, 7) is 14.7. The smallest absolute Gasteiger partial charge is 0.408 e. The van der Waals surface area contributed by atoms with Crippen LogP contribution < -0.4 is 10.1 Å². The summed E-state index contributed by atoms with van der Waals surface area (Å²) in [5.41, 5.74) is 0.383. The van der Waals surface area contributed by atoms with E-state index >= 15 is 0 Å². The van der Waals surface area contributed by atoms with Gasteiger partial charge in [-0.1, -0.05) is 31.5 Å². The van der Waals surface area contributed by atoms with Crippen molar-refractivity contribution in [1.82, 2.24) is 5.32 Å². The van der Waals surface area contributed by atoms with Crippen molar-refractivity contribution in [1.29, 1.82) is 0 Å². The van der Waals surface area contributed by atoms with Gasteiger partial charge in [0, 0.05) is 0 Å². The monoisotopic (exact) mass is 427 g/mol. The molecular formula is C22H34ClNO5. The number of amides is 1. The van der Waals surface area contributed by atoms with Crippen LogP contribution in [0.15, 0.2) is 18.2 Å². The third kappa shape index (κ3) is 9.39. The zero-order chi connectivity index (χ0) is 22.4. The van der Waals surface area contributed by atoms with E-state index < -0.39 is 29.8 Å². The molecule has 1 rings (SSSR count). The molecule has 0 aromatic heterocycles. The summed E-state index contributed by atoms with van der Waals surface area (Å²) < 4.78 is 16.8. The summed E-state index contributed by atoms with van der Waals surface area (Å²) in [7, 11) is 0.